The van der Waals surface area contributed by atoms with Crippen LogP contribution >= 0.6 is 24.0 Å². The molecule has 39 heavy (non-hydrogen) atoms. The van der Waals surface area contributed by atoms with E-state index in [1.165, 1.54) is 6.42 Å². The molecule has 2 fully saturated rings. The molecule has 0 saturated carbocycles. The molecule has 10 heteroatoms. The van der Waals surface area contributed by atoms with Crippen molar-refractivity contribution in [2.75, 3.05) is 44.7 Å². The fourth-order valence-electron chi connectivity index (χ4n) is 5.58. The molecule has 2 aromatic heterocycles. The van der Waals surface area contributed by atoms with Gasteiger partial charge in [-0.05, 0) is 49.5 Å². The topological polar surface area (TPSA) is 90.2 Å². The van der Waals surface area contributed by atoms with Crippen LogP contribution in [-0.4, -0.2) is 71.8 Å². The van der Waals surface area contributed by atoms with Gasteiger partial charge in [0.05, 0.1) is 18.0 Å². The van der Waals surface area contributed by atoms with Gasteiger partial charge in [-0.1, -0.05) is 41.9 Å². The summed E-state index contributed by atoms with van der Waals surface area (Å²) in [5, 5.41) is 15.4. The van der Waals surface area contributed by atoms with Crippen molar-refractivity contribution in [3.8, 4) is 23.2 Å². The van der Waals surface area contributed by atoms with Gasteiger partial charge in [-0.25, -0.2) is 0 Å². The molecule has 4 heterocycles. The molecule has 2 aliphatic heterocycles. The Morgan fingerprint density at radius 2 is 2.03 bits per heavy atom. The Hall–Kier alpha value is -3.22. The van der Waals surface area contributed by atoms with Crippen LogP contribution in [0.4, 0.5) is 5.82 Å². The third-order valence-electron chi connectivity index (χ3n) is 7.63. The van der Waals surface area contributed by atoms with E-state index in [9.17, 15) is 5.26 Å². The highest BCUT2D eigenvalue weighted by molar-refractivity contribution is 6.36. The fraction of sp³-hybridized carbons (Fsp3) is 0.379. The van der Waals surface area contributed by atoms with Crippen LogP contribution < -0.4 is 15.0 Å². The van der Waals surface area contributed by atoms with Crippen molar-refractivity contribution in [1.82, 2.24) is 25.2 Å². The number of likely N-dealkylation sites (tertiary alicyclic amines) is 1. The molecule has 4 aromatic rings. The number of nitriles is 1. The van der Waals surface area contributed by atoms with Crippen molar-refractivity contribution in [2.45, 2.75) is 31.3 Å². The smallest absolute Gasteiger partial charge is 0.319 e. The number of anilines is 1. The minimum absolute atomic E-state index is 0. The van der Waals surface area contributed by atoms with Crippen molar-refractivity contribution in [3.05, 3.63) is 53.7 Å². The molecule has 0 unspecified atom stereocenters. The van der Waals surface area contributed by atoms with E-state index in [0.717, 1.165) is 64.8 Å². The summed E-state index contributed by atoms with van der Waals surface area (Å²) in [6.45, 7) is 3.84. The molecule has 202 valence electrons. The molecule has 0 radical (unpaired) electrons. The summed E-state index contributed by atoms with van der Waals surface area (Å²) in [4.78, 5) is 19.1. The number of nitrogens with one attached hydrogen (secondary N) is 1. The maximum Gasteiger partial charge on any atom is 0.319 e. The first-order valence-electron chi connectivity index (χ1n) is 13.1. The van der Waals surface area contributed by atoms with Crippen LogP contribution in [-0.2, 0) is 0 Å². The van der Waals surface area contributed by atoms with Crippen LogP contribution in [0.1, 0.15) is 19.3 Å². The quantitative estimate of drug-likeness (QED) is 0.347. The molecule has 1 N–H and O–H groups in total. The van der Waals surface area contributed by atoms with Gasteiger partial charge >= 0.3 is 6.01 Å². The van der Waals surface area contributed by atoms with Gasteiger partial charge in [0, 0.05) is 53.9 Å². The van der Waals surface area contributed by atoms with Crippen molar-refractivity contribution in [3.63, 3.8) is 0 Å². The number of hydrogen-bond acceptors (Lipinski definition) is 8. The standard InChI is InChI=1S/C29H30ClN7O.ClH/c1-36-13-4-7-22(36)18-38-29-34-25-15-20(23-8-2-5-19-6-3-9-24(30)26(19)23)16-33-27(25)28(35-29)37-14-12-32-21(17-37)10-11-31;/h2-3,5-6,8-9,15-16,21-22,32H,4,7,10,12-14,17-18H2,1H3;1H/t21-,22-;/m0./s1. The number of ether oxygens (including phenoxy) is 1. The maximum atomic E-state index is 9.24. The van der Waals surface area contributed by atoms with Gasteiger partial charge in [-0.15, -0.1) is 12.4 Å². The molecule has 2 aliphatic rings. The predicted molar refractivity (Wildman–Crippen MR) is 158 cm³/mol. The Balaban J connectivity index is 0.00000308. The van der Waals surface area contributed by atoms with Crippen molar-refractivity contribution in [1.29, 1.82) is 5.26 Å². The molecule has 2 saturated heterocycles. The normalized spacial score (nSPS) is 19.7. The highest BCUT2D eigenvalue weighted by Gasteiger charge is 2.25. The molecule has 2 atom stereocenters. The number of hydrogen-bond donors (Lipinski definition) is 1. The van der Waals surface area contributed by atoms with E-state index < -0.39 is 0 Å². The molecule has 2 aromatic carbocycles. The van der Waals surface area contributed by atoms with Crippen LogP contribution in [0.3, 0.4) is 0 Å². The minimum atomic E-state index is 0. The van der Waals surface area contributed by atoms with Crippen molar-refractivity contribution < 1.29 is 4.74 Å². The molecule has 6 rings (SSSR count). The first kappa shape index (κ1) is 27.4. The van der Waals surface area contributed by atoms with E-state index in [1.54, 1.807) is 0 Å². The first-order valence-corrected chi connectivity index (χ1v) is 13.5. The monoisotopic (exact) mass is 563 g/mol. The van der Waals surface area contributed by atoms with Gasteiger partial charge in [-0.2, -0.15) is 15.2 Å². The number of benzene rings is 2. The lowest BCUT2D eigenvalue weighted by molar-refractivity contribution is 0.188. The van der Waals surface area contributed by atoms with Gasteiger partial charge in [-0.3, -0.25) is 4.98 Å². The molecule has 0 aliphatic carbocycles. The molecule has 0 amide bonds. The number of pyridine rings is 1. The Morgan fingerprint density at radius 1 is 1.18 bits per heavy atom. The van der Waals surface area contributed by atoms with Crippen molar-refractivity contribution in [2.24, 2.45) is 0 Å². The number of rotatable bonds is 6. The summed E-state index contributed by atoms with van der Waals surface area (Å²) in [6.07, 6.45) is 4.60. The highest BCUT2D eigenvalue weighted by Crippen LogP contribution is 2.35. The lowest BCUT2D eigenvalue weighted by Gasteiger charge is -2.33. The summed E-state index contributed by atoms with van der Waals surface area (Å²) in [5.74, 6) is 0.747. The second kappa shape index (κ2) is 11.9. The van der Waals surface area contributed by atoms with E-state index in [4.69, 9.17) is 31.3 Å². The van der Waals surface area contributed by atoms with E-state index in [1.807, 2.05) is 24.4 Å². The van der Waals surface area contributed by atoms with E-state index in [0.29, 0.717) is 36.6 Å². The third kappa shape index (κ3) is 5.59. The second-order valence-corrected chi connectivity index (χ2v) is 10.5. The molecule has 8 nitrogen and oxygen atoms in total. The highest BCUT2D eigenvalue weighted by atomic mass is 35.5. The zero-order valence-electron chi connectivity index (χ0n) is 21.8. The van der Waals surface area contributed by atoms with Crippen LogP contribution in [0.15, 0.2) is 48.7 Å². The Morgan fingerprint density at radius 3 is 2.82 bits per heavy atom. The number of nitrogens with zero attached hydrogens (tertiary/aromatic N) is 6. The maximum absolute atomic E-state index is 9.24. The molecule has 0 spiro atoms. The van der Waals surface area contributed by atoms with Gasteiger partial charge in [0.2, 0.25) is 0 Å². The number of halogens is 2. The Bertz CT molecular complexity index is 1520. The zero-order valence-corrected chi connectivity index (χ0v) is 23.4. The van der Waals surface area contributed by atoms with Crippen LogP contribution in [0.5, 0.6) is 6.01 Å². The van der Waals surface area contributed by atoms with Gasteiger partial charge in [0.15, 0.2) is 5.82 Å². The average molecular weight is 565 g/mol. The van der Waals surface area contributed by atoms with Crippen molar-refractivity contribution >= 4 is 51.6 Å². The van der Waals surface area contributed by atoms with E-state index >= 15 is 0 Å². The lowest BCUT2D eigenvalue weighted by Crippen LogP contribution is -2.51. The van der Waals surface area contributed by atoms with Crippen LogP contribution in [0.25, 0.3) is 32.9 Å². The van der Waals surface area contributed by atoms with Gasteiger partial charge < -0.3 is 19.9 Å². The van der Waals surface area contributed by atoms with Crippen LogP contribution in [0, 0.1) is 11.3 Å². The summed E-state index contributed by atoms with van der Waals surface area (Å²) in [6, 6.07) is 17.2. The first-order chi connectivity index (χ1) is 18.6. The summed E-state index contributed by atoms with van der Waals surface area (Å²) >= 11 is 6.63. The Labute approximate surface area is 239 Å². The number of likely N-dealkylation sites (N-methyl/N-ethyl adjacent to an activating group) is 1. The fourth-order valence-corrected chi connectivity index (χ4v) is 5.86. The predicted octanol–water partition coefficient (Wildman–Crippen LogP) is 5.09. The van der Waals surface area contributed by atoms with Crippen LogP contribution in [0.2, 0.25) is 5.02 Å². The number of aromatic nitrogens is 3. The zero-order chi connectivity index (χ0) is 26.1. The summed E-state index contributed by atoms with van der Waals surface area (Å²) in [5.41, 5.74) is 3.39. The van der Waals surface area contributed by atoms with E-state index in [2.05, 4.69) is 52.5 Å². The van der Waals surface area contributed by atoms with Gasteiger partial charge in [0.1, 0.15) is 12.1 Å². The number of piperazine rings is 1. The summed E-state index contributed by atoms with van der Waals surface area (Å²) < 4.78 is 6.20. The second-order valence-electron chi connectivity index (χ2n) is 10.1. The lowest BCUT2D eigenvalue weighted by atomic mass is 9.99. The summed E-state index contributed by atoms with van der Waals surface area (Å²) in [7, 11) is 2.13. The third-order valence-corrected chi connectivity index (χ3v) is 7.95. The largest absolute Gasteiger partial charge is 0.462 e. The average Bonchev–Trinajstić information content (AvgIpc) is 3.35. The Kier molecular flexibility index (Phi) is 8.34. The molecule has 0 bridgehead atoms. The molecular formula is C29H31Cl2N7O. The minimum Gasteiger partial charge on any atom is -0.462 e. The van der Waals surface area contributed by atoms with Gasteiger partial charge in [0.25, 0.3) is 0 Å². The van der Waals surface area contributed by atoms with E-state index in [-0.39, 0.29) is 18.4 Å². The number of fused-ring (bicyclic) bond motifs is 2. The SMILES string of the molecule is CN1CCC[C@H]1COc1nc(N2CCN[C@@H](CC#N)C2)c2ncc(-c3cccc4cccc(Cl)c34)cc2n1.Cl. The molecular weight excluding hydrogens is 533 g/mol.